The first kappa shape index (κ1) is 17.2. The predicted molar refractivity (Wildman–Crippen MR) is 102 cm³/mol. The molecule has 1 aromatic heterocycles. The van der Waals surface area contributed by atoms with Crippen molar-refractivity contribution in [2.45, 2.75) is 0 Å². The van der Waals surface area contributed by atoms with Gasteiger partial charge in [-0.25, -0.2) is 4.98 Å². The maximum atomic E-state index is 12.0. The second-order valence-electron chi connectivity index (χ2n) is 6.05. The summed E-state index contributed by atoms with van der Waals surface area (Å²) in [4.78, 5) is 21.1. The van der Waals surface area contributed by atoms with E-state index in [1.54, 1.807) is 19.3 Å². The highest BCUT2D eigenvalue weighted by molar-refractivity contribution is 5.98. The second kappa shape index (κ2) is 8.44. The average Bonchev–Trinajstić information content (AvgIpc) is 2.69. The Morgan fingerprint density at radius 1 is 1.12 bits per heavy atom. The number of anilines is 1. The van der Waals surface area contributed by atoms with Gasteiger partial charge in [0.1, 0.15) is 5.82 Å². The normalized spacial score (nSPS) is 15.5. The minimum absolute atomic E-state index is 0.0867. The van der Waals surface area contributed by atoms with Gasteiger partial charge in [-0.3, -0.25) is 9.69 Å². The number of carbonyl (C=O) groups is 1. The molecule has 1 N–H and O–H groups in total. The van der Waals surface area contributed by atoms with Gasteiger partial charge >= 0.3 is 0 Å². The Labute approximate surface area is 149 Å². The van der Waals surface area contributed by atoms with Crippen LogP contribution in [0.2, 0.25) is 0 Å². The van der Waals surface area contributed by atoms with Gasteiger partial charge in [0.2, 0.25) is 0 Å². The number of aromatic nitrogens is 1. The Kier molecular flexibility index (Phi) is 5.80. The summed E-state index contributed by atoms with van der Waals surface area (Å²) in [5.74, 6) is 0.692. The van der Waals surface area contributed by atoms with Gasteiger partial charge in [0.25, 0.3) is 5.91 Å². The summed E-state index contributed by atoms with van der Waals surface area (Å²) in [6.45, 7) is 4.61. The van der Waals surface area contributed by atoms with Crippen molar-refractivity contribution in [3.05, 3.63) is 65.9 Å². The van der Waals surface area contributed by atoms with E-state index in [1.165, 1.54) is 5.56 Å². The van der Waals surface area contributed by atoms with Gasteiger partial charge in [-0.2, -0.15) is 0 Å². The third-order valence-electron chi connectivity index (χ3n) is 4.40. The number of amides is 1. The number of rotatable bonds is 5. The third kappa shape index (κ3) is 4.45. The van der Waals surface area contributed by atoms with Crippen LogP contribution >= 0.6 is 0 Å². The van der Waals surface area contributed by atoms with E-state index < -0.39 is 0 Å². The molecular weight excluding hydrogens is 312 g/mol. The number of nitrogens with one attached hydrogen (secondary N) is 1. The van der Waals surface area contributed by atoms with Crippen molar-refractivity contribution >= 4 is 17.8 Å². The maximum Gasteiger partial charge on any atom is 0.254 e. The third-order valence-corrected chi connectivity index (χ3v) is 4.40. The molecule has 3 rings (SSSR count). The van der Waals surface area contributed by atoms with Gasteiger partial charge in [-0.15, -0.1) is 0 Å². The van der Waals surface area contributed by atoms with Crippen LogP contribution in [-0.4, -0.2) is 55.6 Å². The van der Waals surface area contributed by atoms with Crippen LogP contribution in [0, 0.1) is 0 Å². The molecule has 0 atom stereocenters. The SMILES string of the molecule is CNC(=O)c1cccnc1N1CCN(C/C=C/c2ccccc2)CC1. The fourth-order valence-corrected chi connectivity index (χ4v) is 3.01. The highest BCUT2D eigenvalue weighted by Crippen LogP contribution is 2.19. The Morgan fingerprint density at radius 2 is 1.88 bits per heavy atom. The van der Waals surface area contributed by atoms with Crippen LogP contribution in [0.25, 0.3) is 6.08 Å². The summed E-state index contributed by atoms with van der Waals surface area (Å²) in [6, 6.07) is 14.0. The van der Waals surface area contributed by atoms with E-state index in [2.05, 4.69) is 56.5 Å². The fraction of sp³-hybridized carbons (Fsp3) is 0.300. The largest absolute Gasteiger partial charge is 0.355 e. The lowest BCUT2D eigenvalue weighted by Crippen LogP contribution is -2.47. The molecule has 130 valence electrons. The first-order valence-corrected chi connectivity index (χ1v) is 8.64. The van der Waals surface area contributed by atoms with Gasteiger partial charge in [-0.1, -0.05) is 42.5 Å². The number of pyridine rings is 1. The lowest BCUT2D eigenvalue weighted by atomic mass is 10.2. The van der Waals surface area contributed by atoms with Gasteiger partial charge in [0.05, 0.1) is 5.56 Å². The quantitative estimate of drug-likeness (QED) is 0.910. The molecule has 1 amide bonds. The topological polar surface area (TPSA) is 48.5 Å². The Hall–Kier alpha value is -2.66. The Morgan fingerprint density at radius 3 is 2.60 bits per heavy atom. The van der Waals surface area contributed by atoms with Crippen molar-refractivity contribution in [2.75, 3.05) is 44.7 Å². The zero-order valence-corrected chi connectivity index (χ0v) is 14.6. The van der Waals surface area contributed by atoms with E-state index in [4.69, 9.17) is 0 Å². The van der Waals surface area contributed by atoms with Crippen LogP contribution < -0.4 is 10.2 Å². The van der Waals surface area contributed by atoms with Crippen molar-refractivity contribution in [2.24, 2.45) is 0 Å². The van der Waals surface area contributed by atoms with Gasteiger partial charge in [-0.05, 0) is 17.7 Å². The summed E-state index contributed by atoms with van der Waals surface area (Å²) in [6.07, 6.45) is 6.12. The van der Waals surface area contributed by atoms with Crippen LogP contribution in [0.4, 0.5) is 5.82 Å². The minimum Gasteiger partial charge on any atom is -0.355 e. The lowest BCUT2D eigenvalue weighted by molar-refractivity contribution is 0.0963. The zero-order valence-electron chi connectivity index (χ0n) is 14.6. The summed E-state index contributed by atoms with van der Waals surface area (Å²) in [5, 5.41) is 2.69. The molecule has 1 saturated heterocycles. The van der Waals surface area contributed by atoms with Crippen LogP contribution in [0.3, 0.4) is 0 Å². The van der Waals surface area contributed by atoms with Crippen LogP contribution in [0.1, 0.15) is 15.9 Å². The van der Waals surface area contributed by atoms with E-state index in [1.807, 2.05) is 12.1 Å². The van der Waals surface area contributed by atoms with Crippen molar-refractivity contribution in [1.29, 1.82) is 0 Å². The summed E-state index contributed by atoms with van der Waals surface area (Å²) in [7, 11) is 1.65. The van der Waals surface area contributed by atoms with Crippen molar-refractivity contribution in [3.8, 4) is 0 Å². The van der Waals surface area contributed by atoms with Gasteiger partial charge < -0.3 is 10.2 Å². The number of benzene rings is 1. The smallest absolute Gasteiger partial charge is 0.254 e. The monoisotopic (exact) mass is 336 g/mol. The molecule has 5 heteroatoms. The first-order chi connectivity index (χ1) is 12.3. The summed E-state index contributed by atoms with van der Waals surface area (Å²) < 4.78 is 0. The first-order valence-electron chi connectivity index (χ1n) is 8.64. The molecule has 0 spiro atoms. The predicted octanol–water partition coefficient (Wildman–Crippen LogP) is 2.28. The van der Waals surface area contributed by atoms with E-state index in [9.17, 15) is 4.79 Å². The van der Waals surface area contributed by atoms with E-state index in [0.29, 0.717) is 5.56 Å². The number of piperazine rings is 1. The molecule has 5 nitrogen and oxygen atoms in total. The summed E-state index contributed by atoms with van der Waals surface area (Å²) in [5.41, 5.74) is 1.87. The van der Waals surface area contributed by atoms with Crippen LogP contribution in [0.5, 0.6) is 0 Å². The van der Waals surface area contributed by atoms with Gasteiger partial charge in [0.15, 0.2) is 0 Å². The molecule has 0 aliphatic carbocycles. The minimum atomic E-state index is -0.0867. The van der Waals surface area contributed by atoms with Crippen LogP contribution in [-0.2, 0) is 0 Å². The molecule has 1 fully saturated rings. The van der Waals surface area contributed by atoms with E-state index in [0.717, 1.165) is 38.5 Å². The molecule has 0 unspecified atom stereocenters. The second-order valence-corrected chi connectivity index (χ2v) is 6.05. The number of hydrogen-bond donors (Lipinski definition) is 1. The van der Waals surface area contributed by atoms with E-state index >= 15 is 0 Å². The standard InChI is InChI=1S/C20H24N4O/c1-21-20(25)18-10-5-11-22-19(18)24-15-13-23(14-16-24)12-6-9-17-7-3-2-4-8-17/h2-11H,12-16H2,1H3,(H,21,25)/b9-6+. The molecule has 2 aromatic rings. The highest BCUT2D eigenvalue weighted by atomic mass is 16.1. The van der Waals surface area contributed by atoms with E-state index in [-0.39, 0.29) is 5.91 Å². The molecular formula is C20H24N4O. The summed E-state index contributed by atoms with van der Waals surface area (Å²) >= 11 is 0. The van der Waals surface area contributed by atoms with Crippen molar-refractivity contribution < 1.29 is 4.79 Å². The molecule has 1 aromatic carbocycles. The number of nitrogens with zero attached hydrogens (tertiary/aromatic N) is 3. The number of carbonyl (C=O) groups excluding carboxylic acids is 1. The molecule has 1 aliphatic rings. The molecule has 0 radical (unpaired) electrons. The van der Waals surface area contributed by atoms with Crippen LogP contribution in [0.15, 0.2) is 54.7 Å². The Bertz CT molecular complexity index is 721. The fourth-order valence-electron chi connectivity index (χ4n) is 3.01. The Balaban J connectivity index is 1.56. The average molecular weight is 336 g/mol. The lowest BCUT2D eigenvalue weighted by Gasteiger charge is -2.35. The molecule has 1 aliphatic heterocycles. The zero-order chi connectivity index (χ0) is 17.5. The van der Waals surface area contributed by atoms with Gasteiger partial charge in [0, 0.05) is 46.0 Å². The molecule has 0 saturated carbocycles. The highest BCUT2D eigenvalue weighted by Gasteiger charge is 2.21. The molecule has 0 bridgehead atoms. The van der Waals surface area contributed by atoms with Crippen molar-refractivity contribution in [3.63, 3.8) is 0 Å². The molecule has 25 heavy (non-hydrogen) atoms. The number of hydrogen-bond acceptors (Lipinski definition) is 4. The molecule has 2 heterocycles. The van der Waals surface area contributed by atoms with Crippen molar-refractivity contribution in [1.82, 2.24) is 15.2 Å². The maximum absolute atomic E-state index is 12.0.